The van der Waals surface area contributed by atoms with Crippen LogP contribution in [0.15, 0.2) is 0 Å². The summed E-state index contributed by atoms with van der Waals surface area (Å²) in [5, 5.41) is 2.67. The first kappa shape index (κ1) is 14.0. The van der Waals surface area contributed by atoms with Gasteiger partial charge < -0.3 is 15.0 Å². The van der Waals surface area contributed by atoms with Crippen molar-refractivity contribution in [1.82, 2.24) is 10.2 Å². The van der Waals surface area contributed by atoms with E-state index in [1.54, 1.807) is 18.7 Å². The van der Waals surface area contributed by atoms with Gasteiger partial charge in [0, 0.05) is 13.2 Å². The number of carbonyl (C=O) groups is 2. The standard InChI is InChI=1S/C12H22N2O3/c1-9(2)8-17-6-5-14-7-10(15)13-12(3,4)11(14)16/h9H,5-8H2,1-4H3,(H,13,15). The van der Waals surface area contributed by atoms with Crippen molar-refractivity contribution in [2.75, 3.05) is 26.3 Å². The Balaban J connectivity index is 2.42. The van der Waals surface area contributed by atoms with Crippen molar-refractivity contribution in [3.8, 4) is 0 Å². The number of carbonyl (C=O) groups excluding carboxylic acids is 2. The molecule has 0 aromatic rings. The van der Waals surface area contributed by atoms with Gasteiger partial charge in [0.2, 0.25) is 11.8 Å². The zero-order valence-corrected chi connectivity index (χ0v) is 11.1. The second kappa shape index (κ2) is 5.49. The normalized spacial score (nSPS) is 19.7. The van der Waals surface area contributed by atoms with Crippen LogP contribution in [0.5, 0.6) is 0 Å². The molecular formula is C12H22N2O3. The quantitative estimate of drug-likeness (QED) is 0.710. The van der Waals surface area contributed by atoms with Crippen LogP contribution in [0.3, 0.4) is 0 Å². The monoisotopic (exact) mass is 242 g/mol. The molecule has 0 atom stereocenters. The van der Waals surface area contributed by atoms with E-state index in [1.807, 2.05) is 0 Å². The maximum Gasteiger partial charge on any atom is 0.248 e. The van der Waals surface area contributed by atoms with Crippen molar-refractivity contribution < 1.29 is 14.3 Å². The molecule has 0 aromatic carbocycles. The number of ether oxygens (including phenoxy) is 1. The van der Waals surface area contributed by atoms with Crippen molar-refractivity contribution >= 4 is 11.8 Å². The number of nitrogens with zero attached hydrogens (tertiary/aromatic N) is 1. The van der Waals surface area contributed by atoms with Gasteiger partial charge in [-0.2, -0.15) is 0 Å². The molecule has 0 bridgehead atoms. The lowest BCUT2D eigenvalue weighted by atomic mass is 10.0. The molecule has 0 saturated carbocycles. The molecule has 0 radical (unpaired) electrons. The maximum absolute atomic E-state index is 12.0. The van der Waals surface area contributed by atoms with Gasteiger partial charge in [-0.15, -0.1) is 0 Å². The summed E-state index contributed by atoms with van der Waals surface area (Å²) in [4.78, 5) is 25.0. The third-order valence-electron chi connectivity index (χ3n) is 2.56. The Morgan fingerprint density at radius 1 is 1.41 bits per heavy atom. The first-order valence-electron chi connectivity index (χ1n) is 6.01. The van der Waals surface area contributed by atoms with E-state index in [4.69, 9.17) is 4.74 Å². The summed E-state index contributed by atoms with van der Waals surface area (Å²) < 4.78 is 5.42. The Bertz CT molecular complexity index is 300. The highest BCUT2D eigenvalue weighted by molar-refractivity contribution is 5.97. The van der Waals surface area contributed by atoms with Crippen LogP contribution in [0.4, 0.5) is 0 Å². The van der Waals surface area contributed by atoms with Gasteiger partial charge in [0.1, 0.15) is 5.54 Å². The molecule has 1 aliphatic rings. The van der Waals surface area contributed by atoms with E-state index in [1.165, 1.54) is 0 Å². The minimum Gasteiger partial charge on any atom is -0.379 e. The number of hydrogen-bond acceptors (Lipinski definition) is 3. The van der Waals surface area contributed by atoms with Gasteiger partial charge in [0.05, 0.1) is 13.2 Å². The van der Waals surface area contributed by atoms with Crippen LogP contribution in [0, 0.1) is 5.92 Å². The Labute approximate surface area is 102 Å². The molecule has 1 saturated heterocycles. The molecule has 0 aromatic heterocycles. The van der Waals surface area contributed by atoms with Gasteiger partial charge in [-0.05, 0) is 19.8 Å². The number of rotatable bonds is 5. The Morgan fingerprint density at radius 2 is 2.06 bits per heavy atom. The second-order valence-corrected chi connectivity index (χ2v) is 5.37. The van der Waals surface area contributed by atoms with Crippen LogP contribution in [0.25, 0.3) is 0 Å². The largest absolute Gasteiger partial charge is 0.379 e. The fourth-order valence-electron chi connectivity index (χ4n) is 1.76. The van der Waals surface area contributed by atoms with Crippen LogP contribution in [-0.2, 0) is 14.3 Å². The summed E-state index contributed by atoms with van der Waals surface area (Å²) in [7, 11) is 0. The molecule has 98 valence electrons. The van der Waals surface area contributed by atoms with Gasteiger partial charge in [-0.1, -0.05) is 13.8 Å². The Kier molecular flexibility index (Phi) is 4.51. The fourth-order valence-corrected chi connectivity index (χ4v) is 1.76. The number of piperazine rings is 1. The van der Waals surface area contributed by atoms with Gasteiger partial charge in [0.25, 0.3) is 0 Å². The summed E-state index contributed by atoms with van der Waals surface area (Å²) >= 11 is 0. The molecule has 17 heavy (non-hydrogen) atoms. The van der Waals surface area contributed by atoms with Gasteiger partial charge in [0.15, 0.2) is 0 Å². The van der Waals surface area contributed by atoms with Crippen molar-refractivity contribution in [2.24, 2.45) is 5.92 Å². The van der Waals surface area contributed by atoms with Crippen LogP contribution < -0.4 is 5.32 Å². The van der Waals surface area contributed by atoms with E-state index in [9.17, 15) is 9.59 Å². The summed E-state index contributed by atoms with van der Waals surface area (Å²) in [5.41, 5.74) is -0.798. The van der Waals surface area contributed by atoms with Crippen LogP contribution in [-0.4, -0.2) is 48.6 Å². The average molecular weight is 242 g/mol. The van der Waals surface area contributed by atoms with E-state index >= 15 is 0 Å². The number of nitrogens with one attached hydrogen (secondary N) is 1. The molecule has 1 N–H and O–H groups in total. The van der Waals surface area contributed by atoms with Crippen molar-refractivity contribution in [1.29, 1.82) is 0 Å². The second-order valence-electron chi connectivity index (χ2n) is 5.37. The van der Waals surface area contributed by atoms with Crippen LogP contribution in [0.2, 0.25) is 0 Å². The topological polar surface area (TPSA) is 58.6 Å². The molecule has 5 nitrogen and oxygen atoms in total. The smallest absolute Gasteiger partial charge is 0.248 e. The first-order valence-corrected chi connectivity index (χ1v) is 6.01. The molecular weight excluding hydrogens is 220 g/mol. The lowest BCUT2D eigenvalue weighted by Gasteiger charge is -2.37. The molecule has 5 heteroatoms. The van der Waals surface area contributed by atoms with E-state index in [0.29, 0.717) is 25.7 Å². The third kappa shape index (κ3) is 4.00. The molecule has 0 spiro atoms. The van der Waals surface area contributed by atoms with Crippen molar-refractivity contribution in [3.63, 3.8) is 0 Å². The van der Waals surface area contributed by atoms with E-state index in [2.05, 4.69) is 19.2 Å². The summed E-state index contributed by atoms with van der Waals surface area (Å²) in [5.74, 6) is 0.315. The molecule has 1 fully saturated rings. The predicted octanol–water partition coefficient (Wildman–Crippen LogP) is 0.396. The van der Waals surface area contributed by atoms with Gasteiger partial charge in [-0.25, -0.2) is 0 Å². The average Bonchev–Trinajstić information content (AvgIpc) is 2.18. The van der Waals surface area contributed by atoms with E-state index in [0.717, 1.165) is 0 Å². The lowest BCUT2D eigenvalue weighted by molar-refractivity contribution is -0.149. The molecule has 1 rings (SSSR count). The molecule has 1 heterocycles. The highest BCUT2D eigenvalue weighted by Gasteiger charge is 2.38. The van der Waals surface area contributed by atoms with Crippen molar-refractivity contribution in [3.05, 3.63) is 0 Å². The third-order valence-corrected chi connectivity index (χ3v) is 2.56. The lowest BCUT2D eigenvalue weighted by Crippen LogP contribution is -2.64. The number of amides is 2. The van der Waals surface area contributed by atoms with Crippen LogP contribution in [0.1, 0.15) is 27.7 Å². The van der Waals surface area contributed by atoms with Crippen molar-refractivity contribution in [2.45, 2.75) is 33.2 Å². The molecule has 0 unspecified atom stereocenters. The first-order chi connectivity index (χ1) is 7.83. The fraction of sp³-hybridized carbons (Fsp3) is 0.833. The highest BCUT2D eigenvalue weighted by atomic mass is 16.5. The van der Waals surface area contributed by atoms with E-state index < -0.39 is 5.54 Å². The summed E-state index contributed by atoms with van der Waals surface area (Å²) in [6.07, 6.45) is 0. The molecule has 1 aliphatic heterocycles. The van der Waals surface area contributed by atoms with Gasteiger partial charge >= 0.3 is 0 Å². The zero-order valence-electron chi connectivity index (χ0n) is 11.1. The highest BCUT2D eigenvalue weighted by Crippen LogP contribution is 2.12. The minimum absolute atomic E-state index is 0.0507. The molecule has 2 amide bonds. The molecule has 0 aliphatic carbocycles. The van der Waals surface area contributed by atoms with Crippen LogP contribution >= 0.6 is 0 Å². The SMILES string of the molecule is CC(C)COCCN1CC(=O)NC(C)(C)C1=O. The zero-order chi connectivity index (χ0) is 13.1. The Morgan fingerprint density at radius 3 is 2.65 bits per heavy atom. The minimum atomic E-state index is -0.798. The number of hydrogen-bond donors (Lipinski definition) is 1. The summed E-state index contributed by atoms with van der Waals surface area (Å²) in [6, 6.07) is 0. The maximum atomic E-state index is 12.0. The van der Waals surface area contributed by atoms with E-state index in [-0.39, 0.29) is 18.4 Å². The van der Waals surface area contributed by atoms with Gasteiger partial charge in [-0.3, -0.25) is 9.59 Å². The Hall–Kier alpha value is -1.10. The predicted molar refractivity (Wildman–Crippen MR) is 64.5 cm³/mol. The summed E-state index contributed by atoms with van der Waals surface area (Å²) in [6.45, 7) is 9.34.